The summed E-state index contributed by atoms with van der Waals surface area (Å²) in [6.45, 7) is 5.23. The minimum Gasteiger partial charge on any atom is -0.370 e. The van der Waals surface area contributed by atoms with Crippen LogP contribution in [0.25, 0.3) is 0 Å². The molecule has 0 saturated heterocycles. The largest absolute Gasteiger partial charge is 0.370 e. The summed E-state index contributed by atoms with van der Waals surface area (Å²) in [6.07, 6.45) is 8.04. The quantitative estimate of drug-likeness (QED) is 0.358. The molecule has 4 heteroatoms. The van der Waals surface area contributed by atoms with E-state index in [0.29, 0.717) is 0 Å². The molecule has 1 fully saturated rings. The lowest BCUT2D eigenvalue weighted by molar-refractivity contribution is 0.263. The van der Waals surface area contributed by atoms with Gasteiger partial charge in [0, 0.05) is 6.54 Å². The Kier molecular flexibility index (Phi) is 7.01. The Morgan fingerprint density at radius 3 is 2.41 bits per heavy atom. The van der Waals surface area contributed by atoms with E-state index in [9.17, 15) is 0 Å². The van der Waals surface area contributed by atoms with Crippen LogP contribution in [0.5, 0.6) is 0 Å². The fraction of sp³-hybridized carbons (Fsp3) is 0.923. The van der Waals surface area contributed by atoms with E-state index in [1.54, 1.807) is 0 Å². The Labute approximate surface area is 105 Å². The summed E-state index contributed by atoms with van der Waals surface area (Å²) >= 11 is 0. The summed E-state index contributed by atoms with van der Waals surface area (Å²) in [4.78, 5) is 3.96. The summed E-state index contributed by atoms with van der Waals surface area (Å²) in [5.41, 5.74) is 10.5. The van der Waals surface area contributed by atoms with Gasteiger partial charge in [-0.15, -0.1) is 0 Å². The van der Waals surface area contributed by atoms with Crippen LogP contribution in [0.1, 0.15) is 45.4 Å². The number of aliphatic imine (C=N–C) groups is 1. The first-order valence-electron chi connectivity index (χ1n) is 6.98. The molecule has 0 aromatic rings. The Balaban J connectivity index is 1.95. The number of rotatable bonds is 7. The summed E-state index contributed by atoms with van der Waals surface area (Å²) in [7, 11) is 0. The van der Waals surface area contributed by atoms with Gasteiger partial charge in [-0.1, -0.05) is 26.2 Å². The molecule has 0 aromatic carbocycles. The highest BCUT2D eigenvalue weighted by Crippen LogP contribution is 2.29. The monoisotopic (exact) mass is 240 g/mol. The van der Waals surface area contributed by atoms with Gasteiger partial charge in [0.15, 0.2) is 5.96 Å². The summed E-state index contributed by atoms with van der Waals surface area (Å²) in [5.74, 6) is 2.08. The molecule has 0 heterocycles. The van der Waals surface area contributed by atoms with Crippen molar-refractivity contribution in [3.8, 4) is 0 Å². The molecule has 1 aliphatic rings. The second-order valence-electron chi connectivity index (χ2n) is 5.16. The molecular formula is C13H28N4. The number of guanidine groups is 1. The maximum atomic E-state index is 5.26. The smallest absolute Gasteiger partial charge is 0.185 e. The second kappa shape index (κ2) is 8.34. The average Bonchev–Trinajstić information content (AvgIpc) is 2.34. The SMILES string of the molecule is CCC1CCC(CNCCCN=C(N)N)CC1. The molecule has 17 heavy (non-hydrogen) atoms. The van der Waals surface area contributed by atoms with Crippen molar-refractivity contribution in [2.75, 3.05) is 19.6 Å². The van der Waals surface area contributed by atoms with Crippen molar-refractivity contribution in [3.63, 3.8) is 0 Å². The van der Waals surface area contributed by atoms with Crippen molar-refractivity contribution in [2.24, 2.45) is 28.3 Å². The Hall–Kier alpha value is -0.770. The number of hydrogen-bond acceptors (Lipinski definition) is 2. The Morgan fingerprint density at radius 2 is 1.82 bits per heavy atom. The van der Waals surface area contributed by atoms with Gasteiger partial charge >= 0.3 is 0 Å². The van der Waals surface area contributed by atoms with Gasteiger partial charge in [0.2, 0.25) is 0 Å². The summed E-state index contributed by atoms with van der Waals surface area (Å²) in [6, 6.07) is 0. The van der Waals surface area contributed by atoms with Crippen LogP contribution in [0.2, 0.25) is 0 Å². The highest BCUT2D eigenvalue weighted by molar-refractivity contribution is 5.75. The summed E-state index contributed by atoms with van der Waals surface area (Å²) < 4.78 is 0. The molecule has 0 amide bonds. The van der Waals surface area contributed by atoms with Crippen molar-refractivity contribution in [1.82, 2.24) is 5.32 Å². The Morgan fingerprint density at radius 1 is 1.18 bits per heavy atom. The number of nitrogens with one attached hydrogen (secondary N) is 1. The van der Waals surface area contributed by atoms with Gasteiger partial charge < -0.3 is 16.8 Å². The first-order chi connectivity index (χ1) is 8.22. The molecule has 100 valence electrons. The lowest BCUT2D eigenvalue weighted by atomic mass is 9.81. The molecule has 0 aliphatic heterocycles. The molecule has 1 saturated carbocycles. The van der Waals surface area contributed by atoms with Gasteiger partial charge in [-0.2, -0.15) is 0 Å². The normalized spacial score (nSPS) is 24.5. The lowest BCUT2D eigenvalue weighted by Gasteiger charge is -2.27. The predicted octanol–water partition coefficient (Wildman–Crippen LogP) is 1.46. The van der Waals surface area contributed by atoms with Crippen LogP contribution >= 0.6 is 0 Å². The summed E-state index contributed by atoms with van der Waals surface area (Å²) in [5, 5.41) is 3.51. The minimum absolute atomic E-state index is 0.197. The molecule has 0 bridgehead atoms. The highest BCUT2D eigenvalue weighted by atomic mass is 15.0. The van der Waals surface area contributed by atoms with Crippen molar-refractivity contribution in [2.45, 2.75) is 45.4 Å². The van der Waals surface area contributed by atoms with Crippen LogP contribution in [0.4, 0.5) is 0 Å². The molecule has 0 unspecified atom stereocenters. The zero-order valence-corrected chi connectivity index (χ0v) is 11.1. The topological polar surface area (TPSA) is 76.4 Å². The number of hydrogen-bond donors (Lipinski definition) is 3. The van der Waals surface area contributed by atoms with Gasteiger partial charge in [-0.05, 0) is 44.2 Å². The van der Waals surface area contributed by atoms with Crippen molar-refractivity contribution in [1.29, 1.82) is 0 Å². The zero-order chi connectivity index (χ0) is 12.5. The maximum Gasteiger partial charge on any atom is 0.185 e. The van der Waals surface area contributed by atoms with Gasteiger partial charge in [-0.3, -0.25) is 4.99 Å². The van der Waals surface area contributed by atoms with Crippen molar-refractivity contribution >= 4 is 5.96 Å². The third-order valence-electron chi connectivity index (χ3n) is 3.78. The molecular weight excluding hydrogens is 212 g/mol. The highest BCUT2D eigenvalue weighted by Gasteiger charge is 2.19. The average molecular weight is 240 g/mol. The molecule has 0 radical (unpaired) electrons. The van der Waals surface area contributed by atoms with E-state index >= 15 is 0 Å². The van der Waals surface area contributed by atoms with Gasteiger partial charge in [-0.25, -0.2) is 0 Å². The van der Waals surface area contributed by atoms with E-state index in [1.807, 2.05) is 0 Å². The van der Waals surface area contributed by atoms with Crippen LogP contribution in [0.3, 0.4) is 0 Å². The van der Waals surface area contributed by atoms with Gasteiger partial charge in [0.1, 0.15) is 0 Å². The number of nitrogens with zero attached hydrogens (tertiary/aromatic N) is 1. The molecule has 1 rings (SSSR count). The molecule has 0 spiro atoms. The zero-order valence-electron chi connectivity index (χ0n) is 11.1. The first-order valence-corrected chi connectivity index (χ1v) is 6.98. The minimum atomic E-state index is 0.197. The molecule has 1 aliphatic carbocycles. The van der Waals surface area contributed by atoms with E-state index < -0.39 is 0 Å². The molecule has 5 N–H and O–H groups in total. The first kappa shape index (κ1) is 14.3. The van der Waals surface area contributed by atoms with E-state index in [1.165, 1.54) is 32.1 Å². The van der Waals surface area contributed by atoms with E-state index in [0.717, 1.165) is 37.9 Å². The standard InChI is InChI=1S/C13H28N4/c1-2-11-4-6-12(7-5-11)10-16-8-3-9-17-13(14)15/h11-12,16H,2-10H2,1H3,(H4,14,15,17). The fourth-order valence-electron chi connectivity index (χ4n) is 2.56. The second-order valence-corrected chi connectivity index (χ2v) is 5.16. The van der Waals surface area contributed by atoms with E-state index in [-0.39, 0.29) is 5.96 Å². The van der Waals surface area contributed by atoms with Crippen LogP contribution in [0, 0.1) is 11.8 Å². The molecule has 0 atom stereocenters. The van der Waals surface area contributed by atoms with Gasteiger partial charge in [0.25, 0.3) is 0 Å². The van der Waals surface area contributed by atoms with Crippen LogP contribution in [-0.4, -0.2) is 25.6 Å². The van der Waals surface area contributed by atoms with Crippen LogP contribution < -0.4 is 16.8 Å². The van der Waals surface area contributed by atoms with Crippen molar-refractivity contribution in [3.05, 3.63) is 0 Å². The molecule has 4 nitrogen and oxygen atoms in total. The third kappa shape index (κ3) is 6.51. The lowest BCUT2D eigenvalue weighted by Crippen LogP contribution is -2.28. The van der Waals surface area contributed by atoms with Gasteiger partial charge in [0.05, 0.1) is 0 Å². The van der Waals surface area contributed by atoms with E-state index in [4.69, 9.17) is 11.5 Å². The number of nitrogens with two attached hydrogens (primary N) is 2. The fourth-order valence-corrected chi connectivity index (χ4v) is 2.56. The third-order valence-corrected chi connectivity index (χ3v) is 3.78. The predicted molar refractivity (Wildman–Crippen MR) is 73.9 cm³/mol. The molecule has 0 aromatic heterocycles. The Bertz CT molecular complexity index is 215. The van der Waals surface area contributed by atoms with E-state index in [2.05, 4.69) is 17.2 Å². The van der Waals surface area contributed by atoms with Crippen molar-refractivity contribution < 1.29 is 0 Å². The van der Waals surface area contributed by atoms with Crippen LogP contribution in [-0.2, 0) is 0 Å². The van der Waals surface area contributed by atoms with Crippen LogP contribution in [0.15, 0.2) is 4.99 Å². The maximum absolute atomic E-state index is 5.26.